The van der Waals surface area contributed by atoms with Crippen molar-refractivity contribution in [3.05, 3.63) is 106 Å². The first-order valence-corrected chi connectivity index (χ1v) is 10.8. The van der Waals surface area contributed by atoms with E-state index >= 15 is 0 Å². The molecule has 2 unspecified atom stereocenters. The molecule has 0 aromatic heterocycles. The minimum Gasteiger partial charge on any atom is -0.356 e. The highest BCUT2D eigenvalue weighted by Gasteiger charge is 2.44. The predicted molar refractivity (Wildman–Crippen MR) is 111 cm³/mol. The first kappa shape index (κ1) is 20.2. The molecule has 4 rings (SSSR count). The second kappa shape index (κ2) is 7.98. The average molecular weight is 424 g/mol. The van der Waals surface area contributed by atoms with E-state index in [-0.39, 0.29) is 17.2 Å². The van der Waals surface area contributed by atoms with Crippen LogP contribution in [-0.4, -0.2) is 24.3 Å². The first-order chi connectivity index (χ1) is 14.4. The van der Waals surface area contributed by atoms with Crippen LogP contribution in [0, 0.1) is 17.0 Å². The number of benzene rings is 3. The number of ether oxygens (including phenoxy) is 1. The maximum atomic E-state index is 13.6. The normalized spacial score (nSPS) is 19.6. The van der Waals surface area contributed by atoms with Gasteiger partial charge in [-0.1, -0.05) is 60.2 Å². The molecule has 3 aromatic rings. The van der Waals surface area contributed by atoms with Crippen LogP contribution in [0.3, 0.4) is 0 Å². The van der Waals surface area contributed by atoms with Crippen LogP contribution in [0.1, 0.15) is 29.0 Å². The number of hydrogen-bond donors (Lipinski definition) is 0. The molecule has 1 heterocycles. The summed E-state index contributed by atoms with van der Waals surface area (Å²) in [5, 5.41) is 10.9. The smallest absolute Gasteiger partial charge is 0.269 e. The Bertz CT molecular complexity index is 1150. The fourth-order valence-corrected chi connectivity index (χ4v) is 5.22. The lowest BCUT2D eigenvalue weighted by Crippen LogP contribution is -2.33. The van der Waals surface area contributed by atoms with Gasteiger partial charge in [-0.3, -0.25) is 10.1 Å². The van der Waals surface area contributed by atoms with Gasteiger partial charge in [0, 0.05) is 12.1 Å². The highest BCUT2D eigenvalue weighted by Crippen LogP contribution is 2.43. The molecule has 1 fully saturated rings. The van der Waals surface area contributed by atoms with Crippen LogP contribution < -0.4 is 0 Å². The van der Waals surface area contributed by atoms with E-state index in [1.54, 1.807) is 0 Å². The van der Waals surface area contributed by atoms with Gasteiger partial charge in [0.25, 0.3) is 5.69 Å². The molecule has 3 aromatic carbocycles. The number of rotatable bonds is 5. The SMILES string of the molecule is Cc1ccc(C2COC(c3ccccc3)N2S(=O)(=O)c2ccc([N+](=O)[O-])cc2)cc1. The standard InChI is InChI=1S/C22H20N2O5S/c1-16-7-9-17(10-8-16)21-15-29-22(18-5-3-2-4-6-18)23(21)30(27,28)20-13-11-19(12-14-20)24(25)26/h2-14,21-22H,15H2,1H3. The fraction of sp³-hybridized carbons (Fsp3) is 0.182. The van der Waals surface area contributed by atoms with Crippen molar-refractivity contribution >= 4 is 15.7 Å². The molecule has 30 heavy (non-hydrogen) atoms. The summed E-state index contributed by atoms with van der Waals surface area (Å²) in [6.07, 6.45) is -0.794. The zero-order chi connectivity index (χ0) is 21.3. The van der Waals surface area contributed by atoms with E-state index in [1.165, 1.54) is 28.6 Å². The minimum absolute atomic E-state index is 0.0170. The number of hydrogen-bond acceptors (Lipinski definition) is 5. The molecule has 0 spiro atoms. The molecule has 0 saturated carbocycles. The molecule has 0 amide bonds. The van der Waals surface area contributed by atoms with Gasteiger partial charge in [-0.05, 0) is 30.2 Å². The van der Waals surface area contributed by atoms with Gasteiger partial charge in [0.1, 0.15) is 0 Å². The summed E-state index contributed by atoms with van der Waals surface area (Å²) in [6.45, 7) is 2.17. The highest BCUT2D eigenvalue weighted by molar-refractivity contribution is 7.89. The molecule has 0 radical (unpaired) electrons. The highest BCUT2D eigenvalue weighted by atomic mass is 32.2. The van der Waals surface area contributed by atoms with Gasteiger partial charge in [0.2, 0.25) is 10.0 Å². The fourth-order valence-electron chi connectivity index (χ4n) is 3.54. The van der Waals surface area contributed by atoms with E-state index < -0.39 is 27.2 Å². The summed E-state index contributed by atoms with van der Waals surface area (Å²) < 4.78 is 34.6. The van der Waals surface area contributed by atoms with Crippen LogP contribution in [0.5, 0.6) is 0 Å². The number of aryl methyl sites for hydroxylation is 1. The number of nitrogens with zero attached hydrogens (tertiary/aromatic N) is 2. The molecule has 2 atom stereocenters. The van der Waals surface area contributed by atoms with E-state index in [0.717, 1.165) is 16.7 Å². The first-order valence-electron chi connectivity index (χ1n) is 9.39. The molecular weight excluding hydrogens is 404 g/mol. The zero-order valence-electron chi connectivity index (χ0n) is 16.2. The van der Waals surface area contributed by atoms with E-state index in [4.69, 9.17) is 4.74 Å². The van der Waals surface area contributed by atoms with Crippen molar-refractivity contribution in [3.63, 3.8) is 0 Å². The van der Waals surface area contributed by atoms with Crippen molar-refractivity contribution in [2.45, 2.75) is 24.1 Å². The minimum atomic E-state index is -4.00. The quantitative estimate of drug-likeness (QED) is 0.448. The molecule has 8 heteroatoms. The van der Waals surface area contributed by atoms with Gasteiger partial charge < -0.3 is 4.74 Å². The molecule has 1 saturated heterocycles. The number of sulfonamides is 1. The summed E-state index contributed by atoms with van der Waals surface area (Å²) >= 11 is 0. The van der Waals surface area contributed by atoms with Gasteiger partial charge in [0.05, 0.1) is 22.5 Å². The molecule has 0 N–H and O–H groups in total. The Kier molecular flexibility index (Phi) is 5.38. The van der Waals surface area contributed by atoms with Gasteiger partial charge in [-0.25, -0.2) is 8.42 Å². The summed E-state index contributed by atoms with van der Waals surface area (Å²) in [7, 11) is -4.00. The third-order valence-electron chi connectivity index (χ3n) is 5.12. The predicted octanol–water partition coefficient (Wildman–Crippen LogP) is 4.36. The van der Waals surface area contributed by atoms with Crippen molar-refractivity contribution in [2.24, 2.45) is 0 Å². The van der Waals surface area contributed by atoms with Crippen molar-refractivity contribution in [2.75, 3.05) is 6.61 Å². The summed E-state index contributed by atoms with van der Waals surface area (Å²) in [5.41, 5.74) is 2.45. The Morgan fingerprint density at radius 2 is 1.57 bits per heavy atom. The maximum Gasteiger partial charge on any atom is 0.269 e. The molecular formula is C22H20N2O5S. The van der Waals surface area contributed by atoms with Crippen LogP contribution in [0.2, 0.25) is 0 Å². The Morgan fingerprint density at radius 1 is 0.933 bits per heavy atom. The van der Waals surface area contributed by atoms with Gasteiger partial charge in [0.15, 0.2) is 6.23 Å². The van der Waals surface area contributed by atoms with Crippen LogP contribution in [0.15, 0.2) is 83.8 Å². The third-order valence-corrected chi connectivity index (χ3v) is 6.99. The van der Waals surface area contributed by atoms with Crippen LogP contribution >= 0.6 is 0 Å². The van der Waals surface area contributed by atoms with Crippen LogP contribution in [-0.2, 0) is 14.8 Å². The van der Waals surface area contributed by atoms with Gasteiger partial charge in [-0.15, -0.1) is 0 Å². The second-order valence-corrected chi connectivity index (χ2v) is 8.95. The van der Waals surface area contributed by atoms with Crippen molar-refractivity contribution in [1.82, 2.24) is 4.31 Å². The second-order valence-electron chi connectivity index (χ2n) is 7.11. The summed E-state index contributed by atoms with van der Waals surface area (Å²) in [4.78, 5) is 10.4. The van der Waals surface area contributed by atoms with Gasteiger partial charge in [-0.2, -0.15) is 4.31 Å². The lowest BCUT2D eigenvalue weighted by molar-refractivity contribution is -0.384. The number of non-ortho nitro benzene ring substituents is 1. The Hall–Kier alpha value is -3.07. The summed E-state index contributed by atoms with van der Waals surface area (Å²) in [6, 6.07) is 21.2. The van der Waals surface area contributed by atoms with E-state index in [0.29, 0.717) is 0 Å². The Morgan fingerprint density at radius 3 is 2.17 bits per heavy atom. The van der Waals surface area contributed by atoms with E-state index in [9.17, 15) is 18.5 Å². The van der Waals surface area contributed by atoms with Crippen molar-refractivity contribution < 1.29 is 18.1 Å². The largest absolute Gasteiger partial charge is 0.356 e. The molecule has 1 aliphatic rings. The lowest BCUT2D eigenvalue weighted by atomic mass is 10.1. The topological polar surface area (TPSA) is 89.8 Å². The van der Waals surface area contributed by atoms with Crippen molar-refractivity contribution in [3.8, 4) is 0 Å². The van der Waals surface area contributed by atoms with E-state index in [2.05, 4.69) is 0 Å². The molecule has 154 valence electrons. The Balaban J connectivity index is 1.80. The molecule has 1 aliphatic heterocycles. The van der Waals surface area contributed by atoms with E-state index in [1.807, 2.05) is 61.5 Å². The zero-order valence-corrected chi connectivity index (χ0v) is 17.0. The third kappa shape index (κ3) is 3.72. The average Bonchev–Trinajstić information content (AvgIpc) is 3.21. The maximum absolute atomic E-state index is 13.6. The van der Waals surface area contributed by atoms with Crippen LogP contribution in [0.4, 0.5) is 5.69 Å². The van der Waals surface area contributed by atoms with Crippen LogP contribution in [0.25, 0.3) is 0 Å². The van der Waals surface area contributed by atoms with Gasteiger partial charge >= 0.3 is 0 Å². The lowest BCUT2D eigenvalue weighted by Gasteiger charge is -2.28. The Labute approximate surface area is 174 Å². The number of nitro groups is 1. The molecule has 7 nitrogen and oxygen atoms in total. The summed E-state index contributed by atoms with van der Waals surface area (Å²) in [5.74, 6) is 0. The van der Waals surface area contributed by atoms with Crippen molar-refractivity contribution in [1.29, 1.82) is 0 Å². The molecule has 0 aliphatic carbocycles. The monoisotopic (exact) mass is 424 g/mol. The molecule has 0 bridgehead atoms. The number of nitro benzene ring substituents is 1.